The van der Waals surface area contributed by atoms with Crippen molar-refractivity contribution in [3.8, 4) is 17.0 Å². The van der Waals surface area contributed by atoms with E-state index < -0.39 is 0 Å². The largest absolute Gasteiger partial charge is 0.481 e. The van der Waals surface area contributed by atoms with Gasteiger partial charge in [-0.05, 0) is 13.1 Å². The highest BCUT2D eigenvalue weighted by Gasteiger charge is 2.20. The van der Waals surface area contributed by atoms with Crippen LogP contribution in [0.2, 0.25) is 0 Å². The predicted octanol–water partition coefficient (Wildman–Crippen LogP) is 1.24. The highest BCUT2D eigenvalue weighted by Crippen LogP contribution is 2.31. The van der Waals surface area contributed by atoms with E-state index in [0.29, 0.717) is 5.88 Å². The summed E-state index contributed by atoms with van der Waals surface area (Å²) in [5, 5.41) is 4.26. The second-order valence-corrected chi connectivity index (χ2v) is 5.42. The summed E-state index contributed by atoms with van der Waals surface area (Å²) in [6.45, 7) is 4.05. The second kappa shape index (κ2) is 5.73. The Balaban J connectivity index is 1.99. The zero-order valence-corrected chi connectivity index (χ0v) is 12.8. The van der Waals surface area contributed by atoms with Crippen LogP contribution in [-0.2, 0) is 7.05 Å². The second-order valence-electron chi connectivity index (χ2n) is 5.42. The van der Waals surface area contributed by atoms with Gasteiger partial charge in [-0.3, -0.25) is 4.68 Å². The van der Waals surface area contributed by atoms with Crippen LogP contribution in [0.15, 0.2) is 24.5 Å². The monoisotopic (exact) mass is 287 g/mol. The van der Waals surface area contributed by atoms with Crippen LogP contribution in [0.5, 0.6) is 5.88 Å². The molecule has 0 N–H and O–H groups in total. The van der Waals surface area contributed by atoms with Crippen molar-refractivity contribution in [1.82, 2.24) is 19.7 Å². The van der Waals surface area contributed by atoms with Gasteiger partial charge in [-0.25, -0.2) is 0 Å². The number of hydrogen-bond acceptors (Lipinski definition) is 5. The molecule has 3 rings (SSSR count). The first-order valence-corrected chi connectivity index (χ1v) is 7.15. The smallest absolute Gasteiger partial charge is 0.214 e. The molecule has 1 aliphatic rings. The van der Waals surface area contributed by atoms with Gasteiger partial charge >= 0.3 is 0 Å². The van der Waals surface area contributed by atoms with Gasteiger partial charge in [-0.2, -0.15) is 10.1 Å². The first-order chi connectivity index (χ1) is 10.2. The minimum atomic E-state index is 0.650. The maximum atomic E-state index is 5.29. The molecule has 2 aromatic rings. The molecular formula is C15H21N5O. The van der Waals surface area contributed by atoms with Crippen molar-refractivity contribution < 1.29 is 4.74 Å². The number of nitrogens with zero attached hydrogens (tertiary/aromatic N) is 5. The number of ether oxygens (including phenoxy) is 1. The van der Waals surface area contributed by atoms with Crippen LogP contribution in [0.25, 0.3) is 11.1 Å². The van der Waals surface area contributed by atoms with Crippen LogP contribution in [-0.4, -0.2) is 60.0 Å². The number of likely N-dealkylation sites (N-methyl/N-ethyl adjacent to an activating group) is 1. The Morgan fingerprint density at radius 3 is 2.48 bits per heavy atom. The highest BCUT2D eigenvalue weighted by molar-refractivity contribution is 5.75. The molecule has 1 fully saturated rings. The third-order valence-electron chi connectivity index (χ3n) is 3.88. The van der Waals surface area contributed by atoms with E-state index in [2.05, 4.69) is 33.0 Å². The first kappa shape index (κ1) is 13.9. The maximum Gasteiger partial charge on any atom is 0.214 e. The standard InChI is InChI=1S/C15H21N5O/c1-18-6-8-20(9-7-18)15-13(4-5-14(17-15)21-3)12-10-16-19(2)11-12/h4-5,10-11H,6-9H2,1-3H3. The number of piperazine rings is 1. The number of methoxy groups -OCH3 is 1. The van der Waals surface area contributed by atoms with E-state index in [-0.39, 0.29) is 0 Å². The number of hydrogen-bond donors (Lipinski definition) is 0. The van der Waals surface area contributed by atoms with Crippen LogP contribution in [0.1, 0.15) is 0 Å². The Morgan fingerprint density at radius 2 is 1.86 bits per heavy atom. The number of pyridine rings is 1. The molecule has 0 atom stereocenters. The molecule has 0 spiro atoms. The lowest BCUT2D eigenvalue weighted by atomic mass is 10.1. The molecule has 6 nitrogen and oxygen atoms in total. The lowest BCUT2D eigenvalue weighted by molar-refractivity contribution is 0.311. The van der Waals surface area contributed by atoms with Crippen LogP contribution < -0.4 is 9.64 Å². The Kier molecular flexibility index (Phi) is 3.79. The average molecular weight is 287 g/mol. The van der Waals surface area contributed by atoms with Crippen LogP contribution >= 0.6 is 0 Å². The zero-order chi connectivity index (χ0) is 14.8. The SMILES string of the molecule is COc1ccc(-c2cnn(C)c2)c(N2CCN(C)CC2)n1. The summed E-state index contributed by atoms with van der Waals surface area (Å²) in [6, 6.07) is 3.97. The third-order valence-corrected chi connectivity index (χ3v) is 3.88. The normalized spacial score (nSPS) is 16.2. The van der Waals surface area contributed by atoms with Crippen molar-refractivity contribution in [1.29, 1.82) is 0 Å². The van der Waals surface area contributed by atoms with Crippen LogP contribution in [0.3, 0.4) is 0 Å². The van der Waals surface area contributed by atoms with Crippen LogP contribution in [0, 0.1) is 0 Å². The molecule has 112 valence electrons. The lowest BCUT2D eigenvalue weighted by Gasteiger charge is -2.34. The van der Waals surface area contributed by atoms with Gasteiger partial charge in [0.15, 0.2) is 0 Å². The summed E-state index contributed by atoms with van der Waals surface area (Å²) < 4.78 is 7.11. The highest BCUT2D eigenvalue weighted by atomic mass is 16.5. The molecule has 0 unspecified atom stereocenters. The lowest BCUT2D eigenvalue weighted by Crippen LogP contribution is -2.45. The Labute approximate surface area is 124 Å². The summed E-state index contributed by atoms with van der Waals surface area (Å²) >= 11 is 0. The van der Waals surface area contributed by atoms with E-state index in [1.165, 1.54) is 0 Å². The molecule has 1 saturated heterocycles. The molecule has 0 saturated carbocycles. The molecule has 6 heteroatoms. The topological polar surface area (TPSA) is 46.4 Å². The quantitative estimate of drug-likeness (QED) is 0.850. The van der Waals surface area contributed by atoms with Gasteiger partial charge in [-0.1, -0.05) is 0 Å². The molecule has 0 amide bonds. The maximum absolute atomic E-state index is 5.29. The molecule has 0 radical (unpaired) electrons. The van der Waals surface area contributed by atoms with Gasteiger partial charge < -0.3 is 14.5 Å². The number of aryl methyl sites for hydroxylation is 1. The van der Waals surface area contributed by atoms with E-state index in [9.17, 15) is 0 Å². The fraction of sp³-hybridized carbons (Fsp3) is 0.467. The number of rotatable bonds is 3. The zero-order valence-electron chi connectivity index (χ0n) is 12.8. The Bertz CT molecular complexity index is 616. The van der Waals surface area contributed by atoms with Crippen LogP contribution in [0.4, 0.5) is 5.82 Å². The summed E-state index contributed by atoms with van der Waals surface area (Å²) in [6.07, 6.45) is 3.89. The van der Waals surface area contributed by atoms with Crippen molar-refractivity contribution in [3.05, 3.63) is 24.5 Å². The van der Waals surface area contributed by atoms with Crippen molar-refractivity contribution >= 4 is 5.82 Å². The summed E-state index contributed by atoms with van der Waals surface area (Å²) in [7, 11) is 5.73. The van der Waals surface area contributed by atoms with E-state index in [1.54, 1.807) is 7.11 Å². The summed E-state index contributed by atoms with van der Waals surface area (Å²) in [5.74, 6) is 1.63. The third kappa shape index (κ3) is 2.85. The molecular weight excluding hydrogens is 266 g/mol. The van der Waals surface area contributed by atoms with E-state index in [1.807, 2.05) is 30.2 Å². The fourth-order valence-corrected chi connectivity index (χ4v) is 2.59. The molecule has 2 aromatic heterocycles. The van der Waals surface area contributed by atoms with Crippen molar-refractivity contribution in [2.75, 3.05) is 45.2 Å². The van der Waals surface area contributed by atoms with Crippen molar-refractivity contribution in [2.24, 2.45) is 7.05 Å². The average Bonchev–Trinajstić information content (AvgIpc) is 2.94. The van der Waals surface area contributed by atoms with E-state index >= 15 is 0 Å². The number of aromatic nitrogens is 3. The van der Waals surface area contributed by atoms with Gasteiger partial charge in [0.2, 0.25) is 5.88 Å². The first-order valence-electron chi connectivity index (χ1n) is 7.15. The van der Waals surface area contributed by atoms with Crippen molar-refractivity contribution in [2.45, 2.75) is 0 Å². The van der Waals surface area contributed by atoms with Gasteiger partial charge in [0.1, 0.15) is 5.82 Å². The summed E-state index contributed by atoms with van der Waals surface area (Å²) in [4.78, 5) is 9.33. The minimum Gasteiger partial charge on any atom is -0.481 e. The molecule has 1 aliphatic heterocycles. The van der Waals surface area contributed by atoms with Gasteiger partial charge in [-0.15, -0.1) is 0 Å². The Morgan fingerprint density at radius 1 is 1.10 bits per heavy atom. The number of anilines is 1. The van der Waals surface area contributed by atoms with Gasteiger partial charge in [0.25, 0.3) is 0 Å². The Hall–Kier alpha value is -2.08. The van der Waals surface area contributed by atoms with E-state index in [0.717, 1.165) is 43.1 Å². The fourth-order valence-electron chi connectivity index (χ4n) is 2.59. The molecule has 0 aromatic carbocycles. The van der Waals surface area contributed by atoms with Gasteiger partial charge in [0, 0.05) is 56.6 Å². The predicted molar refractivity (Wildman–Crippen MR) is 82.7 cm³/mol. The molecule has 0 bridgehead atoms. The van der Waals surface area contributed by atoms with Crippen molar-refractivity contribution in [3.63, 3.8) is 0 Å². The minimum absolute atomic E-state index is 0.650. The summed E-state index contributed by atoms with van der Waals surface area (Å²) in [5.41, 5.74) is 2.19. The van der Waals surface area contributed by atoms with Gasteiger partial charge in [0.05, 0.1) is 13.3 Å². The molecule has 0 aliphatic carbocycles. The van der Waals surface area contributed by atoms with E-state index in [4.69, 9.17) is 4.74 Å². The molecule has 21 heavy (non-hydrogen) atoms. The molecule has 3 heterocycles.